The molecule has 0 spiro atoms. The minimum Gasteiger partial charge on any atom is -0.437 e. The zero-order valence-corrected chi connectivity index (χ0v) is 14.6. The van der Waals surface area contributed by atoms with E-state index < -0.39 is 17.8 Å². The van der Waals surface area contributed by atoms with Crippen LogP contribution in [0.4, 0.5) is 4.39 Å². The number of aromatic nitrogens is 2. The largest absolute Gasteiger partial charge is 0.437 e. The normalized spacial score (nSPS) is 11.7. The number of aryl methyl sites for hydroxylation is 1. The Morgan fingerprint density at radius 3 is 2.67 bits per heavy atom. The standard InChI is InChI=1S/C20H18FN3O3/c1-13-4-9-17(12-23-13)27-20-15(3-2-10-22-20)11-24-19(26)18(25)14-5-7-16(21)8-6-14/h2-10,12,18,25H,11H2,1H3,(H,24,26). The molecule has 3 aromatic rings. The lowest BCUT2D eigenvalue weighted by molar-refractivity contribution is -0.129. The highest BCUT2D eigenvalue weighted by atomic mass is 19.1. The van der Waals surface area contributed by atoms with Crippen LogP contribution in [0.3, 0.4) is 0 Å². The third kappa shape index (κ3) is 4.86. The molecule has 0 aliphatic rings. The van der Waals surface area contributed by atoms with Gasteiger partial charge >= 0.3 is 0 Å². The Labute approximate surface area is 155 Å². The average Bonchev–Trinajstić information content (AvgIpc) is 2.69. The highest BCUT2D eigenvalue weighted by Gasteiger charge is 2.18. The molecular weight excluding hydrogens is 349 g/mol. The topological polar surface area (TPSA) is 84.3 Å². The van der Waals surface area contributed by atoms with Gasteiger partial charge in [-0.05, 0) is 42.8 Å². The summed E-state index contributed by atoms with van der Waals surface area (Å²) in [5.74, 6) is -0.180. The van der Waals surface area contributed by atoms with Gasteiger partial charge < -0.3 is 15.2 Å². The van der Waals surface area contributed by atoms with Gasteiger partial charge in [-0.1, -0.05) is 18.2 Å². The number of carbonyl (C=O) groups is 1. The molecule has 0 fully saturated rings. The minimum absolute atomic E-state index is 0.111. The van der Waals surface area contributed by atoms with E-state index in [2.05, 4.69) is 15.3 Å². The molecule has 0 bridgehead atoms. The number of nitrogens with one attached hydrogen (secondary N) is 1. The minimum atomic E-state index is -1.40. The number of ether oxygens (including phenoxy) is 1. The van der Waals surface area contributed by atoms with E-state index in [4.69, 9.17) is 4.74 Å². The second-order valence-electron chi connectivity index (χ2n) is 5.88. The number of carbonyl (C=O) groups excluding carboxylic acids is 1. The van der Waals surface area contributed by atoms with Crippen LogP contribution in [-0.4, -0.2) is 21.0 Å². The Kier molecular flexibility index (Phi) is 5.73. The molecule has 1 atom stereocenters. The molecule has 6 nitrogen and oxygen atoms in total. The first-order valence-electron chi connectivity index (χ1n) is 8.28. The van der Waals surface area contributed by atoms with Gasteiger partial charge in [-0.15, -0.1) is 0 Å². The van der Waals surface area contributed by atoms with Crippen molar-refractivity contribution in [2.24, 2.45) is 0 Å². The zero-order chi connectivity index (χ0) is 19.2. The number of hydrogen-bond acceptors (Lipinski definition) is 5. The van der Waals surface area contributed by atoms with Crippen LogP contribution in [0.5, 0.6) is 11.6 Å². The smallest absolute Gasteiger partial charge is 0.253 e. The van der Waals surface area contributed by atoms with E-state index in [1.165, 1.54) is 24.3 Å². The third-order valence-corrected chi connectivity index (χ3v) is 3.84. The molecule has 0 saturated carbocycles. The third-order valence-electron chi connectivity index (χ3n) is 3.84. The molecule has 1 amide bonds. The summed E-state index contributed by atoms with van der Waals surface area (Å²) in [6.45, 7) is 1.98. The Hall–Kier alpha value is -3.32. The fourth-order valence-electron chi connectivity index (χ4n) is 2.35. The molecule has 0 aliphatic heterocycles. The Balaban J connectivity index is 1.66. The monoisotopic (exact) mass is 367 g/mol. The van der Waals surface area contributed by atoms with Crippen molar-refractivity contribution in [1.29, 1.82) is 0 Å². The SMILES string of the molecule is Cc1ccc(Oc2ncccc2CNC(=O)C(O)c2ccc(F)cc2)cn1. The van der Waals surface area contributed by atoms with Crippen molar-refractivity contribution in [3.05, 3.63) is 83.6 Å². The van der Waals surface area contributed by atoms with Crippen LogP contribution >= 0.6 is 0 Å². The molecule has 0 saturated heterocycles. The second-order valence-corrected chi connectivity index (χ2v) is 5.88. The fourth-order valence-corrected chi connectivity index (χ4v) is 2.35. The maximum atomic E-state index is 13.0. The van der Waals surface area contributed by atoms with Gasteiger partial charge in [0.1, 0.15) is 11.6 Å². The number of pyridine rings is 2. The molecule has 2 N–H and O–H groups in total. The molecule has 138 valence electrons. The molecule has 0 aliphatic carbocycles. The summed E-state index contributed by atoms with van der Waals surface area (Å²) < 4.78 is 18.7. The van der Waals surface area contributed by atoms with E-state index in [1.807, 2.05) is 13.0 Å². The van der Waals surface area contributed by atoms with Gasteiger partial charge in [0.15, 0.2) is 6.10 Å². The summed E-state index contributed by atoms with van der Waals surface area (Å²) in [5, 5.41) is 12.7. The number of aliphatic hydroxyl groups is 1. The van der Waals surface area contributed by atoms with Crippen LogP contribution in [0.15, 0.2) is 60.9 Å². The number of benzene rings is 1. The predicted molar refractivity (Wildman–Crippen MR) is 96.5 cm³/mol. The van der Waals surface area contributed by atoms with E-state index in [0.717, 1.165) is 5.69 Å². The molecule has 2 aromatic heterocycles. The molecule has 2 heterocycles. The summed E-state index contributed by atoms with van der Waals surface area (Å²) in [7, 11) is 0. The van der Waals surface area contributed by atoms with Crippen LogP contribution in [0.2, 0.25) is 0 Å². The van der Waals surface area contributed by atoms with E-state index >= 15 is 0 Å². The highest BCUT2D eigenvalue weighted by Crippen LogP contribution is 2.22. The quantitative estimate of drug-likeness (QED) is 0.699. The van der Waals surface area contributed by atoms with E-state index in [9.17, 15) is 14.3 Å². The van der Waals surface area contributed by atoms with Gasteiger partial charge in [-0.3, -0.25) is 9.78 Å². The second kappa shape index (κ2) is 8.37. The van der Waals surface area contributed by atoms with Gasteiger partial charge in [0, 0.05) is 24.0 Å². The summed E-state index contributed by atoms with van der Waals surface area (Å²) in [6, 6.07) is 12.2. The van der Waals surface area contributed by atoms with Crippen LogP contribution in [-0.2, 0) is 11.3 Å². The van der Waals surface area contributed by atoms with Gasteiger partial charge in [0.05, 0.1) is 6.20 Å². The molecule has 3 rings (SSSR count). The molecule has 1 unspecified atom stereocenters. The number of aliphatic hydroxyl groups excluding tert-OH is 1. The Morgan fingerprint density at radius 2 is 1.96 bits per heavy atom. The van der Waals surface area contributed by atoms with Crippen molar-refractivity contribution < 1.29 is 19.0 Å². The van der Waals surface area contributed by atoms with Crippen LogP contribution in [0, 0.1) is 12.7 Å². The number of halogens is 1. The van der Waals surface area contributed by atoms with Gasteiger partial charge in [-0.2, -0.15) is 0 Å². The van der Waals surface area contributed by atoms with Crippen molar-refractivity contribution >= 4 is 5.91 Å². The molecule has 27 heavy (non-hydrogen) atoms. The average molecular weight is 367 g/mol. The molecule has 7 heteroatoms. The fraction of sp³-hybridized carbons (Fsp3) is 0.150. The lowest BCUT2D eigenvalue weighted by atomic mass is 10.1. The van der Waals surface area contributed by atoms with E-state index in [0.29, 0.717) is 22.8 Å². The Morgan fingerprint density at radius 1 is 1.19 bits per heavy atom. The summed E-state index contributed by atoms with van der Waals surface area (Å²) in [4.78, 5) is 20.5. The molecule has 1 aromatic carbocycles. The maximum Gasteiger partial charge on any atom is 0.253 e. The van der Waals surface area contributed by atoms with E-state index in [-0.39, 0.29) is 6.54 Å². The van der Waals surface area contributed by atoms with E-state index in [1.54, 1.807) is 30.6 Å². The van der Waals surface area contributed by atoms with Gasteiger partial charge in [0.2, 0.25) is 5.88 Å². The van der Waals surface area contributed by atoms with Crippen molar-refractivity contribution in [3.8, 4) is 11.6 Å². The highest BCUT2D eigenvalue weighted by molar-refractivity contribution is 5.81. The first kappa shape index (κ1) is 18.5. The van der Waals surface area contributed by atoms with Crippen molar-refractivity contribution in [2.45, 2.75) is 19.6 Å². The number of rotatable bonds is 6. The van der Waals surface area contributed by atoms with Crippen LogP contribution in [0.1, 0.15) is 22.9 Å². The van der Waals surface area contributed by atoms with Crippen LogP contribution < -0.4 is 10.1 Å². The van der Waals surface area contributed by atoms with Crippen molar-refractivity contribution in [2.75, 3.05) is 0 Å². The lowest BCUT2D eigenvalue weighted by Gasteiger charge is -2.13. The van der Waals surface area contributed by atoms with Gasteiger partial charge in [0.25, 0.3) is 5.91 Å². The first-order chi connectivity index (χ1) is 13.0. The number of nitrogens with zero attached hydrogens (tertiary/aromatic N) is 2. The van der Waals surface area contributed by atoms with Crippen molar-refractivity contribution in [1.82, 2.24) is 15.3 Å². The molecule has 0 radical (unpaired) electrons. The number of amides is 1. The molecular formula is C20H18FN3O3. The summed E-state index contributed by atoms with van der Waals surface area (Å²) in [6.07, 6.45) is 1.77. The summed E-state index contributed by atoms with van der Waals surface area (Å²) in [5.41, 5.74) is 1.81. The van der Waals surface area contributed by atoms with Gasteiger partial charge in [-0.25, -0.2) is 9.37 Å². The first-order valence-corrected chi connectivity index (χ1v) is 8.28. The summed E-state index contributed by atoms with van der Waals surface area (Å²) >= 11 is 0. The van der Waals surface area contributed by atoms with Crippen LogP contribution in [0.25, 0.3) is 0 Å². The Bertz CT molecular complexity index is 915. The zero-order valence-electron chi connectivity index (χ0n) is 14.6. The predicted octanol–water partition coefficient (Wildman–Crippen LogP) is 3.07. The van der Waals surface area contributed by atoms with Crippen molar-refractivity contribution in [3.63, 3.8) is 0 Å². The lowest BCUT2D eigenvalue weighted by Crippen LogP contribution is -2.29. The maximum absolute atomic E-state index is 13.0. The number of hydrogen-bond donors (Lipinski definition) is 2.